The largest absolute Gasteiger partial charge is 4.00 e. The van der Waals surface area contributed by atoms with Crippen LogP contribution < -0.4 is 15.3 Å². The molecule has 0 rings (SSSR count). The molecule has 0 bridgehead atoms. The first-order chi connectivity index (χ1) is 8.42. The third-order valence-corrected chi connectivity index (χ3v) is 0.726. The molecule has 19 heavy (non-hydrogen) atoms. The predicted octanol–water partition coefficient (Wildman–Crippen LogP) is -0.573. The van der Waals surface area contributed by atoms with Gasteiger partial charge in [-0.3, -0.25) is 0 Å². The van der Waals surface area contributed by atoms with Gasteiger partial charge in [-0.1, -0.05) is 27.4 Å². The van der Waals surface area contributed by atoms with E-state index >= 15 is 0 Å². The zero-order valence-electron chi connectivity index (χ0n) is 12.5. The van der Waals surface area contributed by atoms with E-state index in [9.17, 15) is 4.79 Å². The molecule has 0 aromatic carbocycles. The molecule has 0 N–H and O–H groups in total. The number of hydrogen-bond donors (Lipinski definition) is 0. The quantitative estimate of drug-likeness (QED) is 0.301. The summed E-state index contributed by atoms with van der Waals surface area (Å²) in [7, 11) is 0. The van der Waals surface area contributed by atoms with Crippen molar-refractivity contribution in [3.05, 3.63) is 19.1 Å². The summed E-state index contributed by atoms with van der Waals surface area (Å²) >= 11 is 0. The Morgan fingerprint density at radius 1 is 1.11 bits per heavy atom. The van der Waals surface area contributed by atoms with Crippen LogP contribution in [0.1, 0.15) is 34.1 Å². The van der Waals surface area contributed by atoms with E-state index in [1.165, 1.54) is 0 Å². The van der Waals surface area contributed by atoms with Gasteiger partial charge in [-0.15, -0.1) is 26.2 Å². The Bertz CT molecular complexity index is 158. The zero-order chi connectivity index (χ0) is 15.4. The van der Waals surface area contributed by atoms with E-state index in [0.29, 0.717) is 18.6 Å². The van der Waals surface area contributed by atoms with Crippen LogP contribution in [0.15, 0.2) is 12.2 Å². The fourth-order valence-corrected chi connectivity index (χ4v) is 0.288. The summed E-state index contributed by atoms with van der Waals surface area (Å²) < 4.78 is 4.65. The molecular weight excluding hydrogens is 284 g/mol. The fraction of sp³-hybridized carbons (Fsp3) is 0.692. The standard InChI is InChI=1S/C7H11O2.3C2H5O.Ti/c1-4-5-9-7(8)6(2)3;3*1-2-3;/h1-2,4-5H2,3H3;3*2H2,1H3;/q4*-1;+4. The number of ether oxygens (including phenoxy) is 1. The second kappa shape index (κ2) is 36.1. The predicted molar refractivity (Wildman–Crippen MR) is 67.4 cm³/mol. The summed E-state index contributed by atoms with van der Waals surface area (Å²) in [6, 6.07) is 0. The molecule has 0 atom stereocenters. The molecule has 112 valence electrons. The molecule has 0 unspecified atom stereocenters. The van der Waals surface area contributed by atoms with Crippen LogP contribution in [0.5, 0.6) is 0 Å². The van der Waals surface area contributed by atoms with Crippen molar-refractivity contribution in [3.8, 4) is 0 Å². The molecule has 0 aliphatic rings. The molecular formula is C13H26O5Ti. The number of rotatable bonds is 3. The van der Waals surface area contributed by atoms with Crippen molar-refractivity contribution >= 4 is 5.97 Å². The number of carbonyl (C=O) groups is 1. The molecule has 0 fully saturated rings. The second-order valence-corrected chi connectivity index (χ2v) is 2.64. The average molecular weight is 310 g/mol. The normalized spacial score (nSPS) is 6.95. The van der Waals surface area contributed by atoms with Gasteiger partial charge < -0.3 is 27.0 Å². The van der Waals surface area contributed by atoms with Crippen molar-refractivity contribution in [2.75, 3.05) is 26.4 Å². The third kappa shape index (κ3) is 73.0. The van der Waals surface area contributed by atoms with E-state index in [1.54, 1.807) is 27.7 Å². The van der Waals surface area contributed by atoms with Crippen LogP contribution in [0.2, 0.25) is 0 Å². The maximum atomic E-state index is 10.6. The molecule has 0 amide bonds. The molecule has 0 aromatic heterocycles. The molecule has 0 radical (unpaired) electrons. The molecule has 0 heterocycles. The summed E-state index contributed by atoms with van der Waals surface area (Å²) in [6.07, 6.45) is 0.610. The Hall–Kier alpha value is -0.196. The maximum absolute atomic E-state index is 10.6. The van der Waals surface area contributed by atoms with E-state index < -0.39 is 0 Å². The molecule has 0 spiro atoms. The van der Waals surface area contributed by atoms with E-state index in [0.717, 1.165) is 0 Å². The van der Waals surface area contributed by atoms with Crippen LogP contribution >= 0.6 is 0 Å². The van der Waals surface area contributed by atoms with Gasteiger partial charge in [-0.25, -0.2) is 4.79 Å². The monoisotopic (exact) mass is 310 g/mol. The first kappa shape index (κ1) is 31.3. The van der Waals surface area contributed by atoms with E-state index in [2.05, 4.69) is 18.2 Å². The van der Waals surface area contributed by atoms with E-state index in [4.69, 9.17) is 15.3 Å². The number of hydrogen-bond acceptors (Lipinski definition) is 5. The summed E-state index contributed by atoms with van der Waals surface area (Å²) in [4.78, 5) is 10.6. The van der Waals surface area contributed by atoms with Gasteiger partial charge in [0.2, 0.25) is 0 Å². The van der Waals surface area contributed by atoms with Gasteiger partial charge in [0.15, 0.2) is 0 Å². The van der Waals surface area contributed by atoms with Crippen LogP contribution in [-0.4, -0.2) is 32.4 Å². The van der Waals surface area contributed by atoms with Crippen molar-refractivity contribution in [3.63, 3.8) is 0 Å². The maximum Gasteiger partial charge on any atom is 4.00 e. The Kier molecular flexibility index (Phi) is 59.4. The minimum absolute atomic E-state index is 0. The van der Waals surface area contributed by atoms with E-state index in [1.807, 2.05) is 0 Å². The van der Waals surface area contributed by atoms with Crippen molar-refractivity contribution in [2.24, 2.45) is 0 Å². The molecule has 0 aliphatic carbocycles. The Balaban J connectivity index is -0.0000000548. The molecule has 0 saturated carbocycles. The average Bonchev–Trinajstić information content (AvgIpc) is 2.29. The summed E-state index contributed by atoms with van der Waals surface area (Å²) in [5.41, 5.74) is 0.434. The minimum atomic E-state index is -0.335. The minimum Gasteiger partial charge on any atom is -0.855 e. The topological polar surface area (TPSA) is 95.5 Å². The van der Waals surface area contributed by atoms with Crippen LogP contribution in [0.25, 0.3) is 0 Å². The molecule has 5 nitrogen and oxygen atoms in total. The van der Waals surface area contributed by atoms with Gasteiger partial charge in [-0.2, -0.15) is 0 Å². The van der Waals surface area contributed by atoms with Gasteiger partial charge in [0, 0.05) is 5.57 Å². The van der Waals surface area contributed by atoms with Crippen LogP contribution in [0.4, 0.5) is 0 Å². The Labute approximate surface area is 132 Å². The van der Waals surface area contributed by atoms with Gasteiger partial charge >= 0.3 is 27.7 Å². The first-order valence-electron chi connectivity index (χ1n) is 5.79. The van der Waals surface area contributed by atoms with E-state index in [-0.39, 0.29) is 47.5 Å². The van der Waals surface area contributed by atoms with Crippen LogP contribution in [-0.2, 0) is 31.2 Å². The third-order valence-electron chi connectivity index (χ3n) is 0.726. The van der Waals surface area contributed by atoms with Gasteiger partial charge in [0.1, 0.15) is 0 Å². The summed E-state index contributed by atoms with van der Waals surface area (Å²) in [5, 5.41) is 26.8. The van der Waals surface area contributed by atoms with Gasteiger partial charge in [0.05, 0.1) is 6.61 Å². The van der Waals surface area contributed by atoms with Gasteiger partial charge in [0.25, 0.3) is 0 Å². The molecule has 6 heteroatoms. The van der Waals surface area contributed by atoms with Crippen molar-refractivity contribution in [1.82, 2.24) is 0 Å². The second-order valence-electron chi connectivity index (χ2n) is 2.64. The zero-order valence-corrected chi connectivity index (χ0v) is 14.1. The fourth-order valence-electron chi connectivity index (χ4n) is 0.288. The smallest absolute Gasteiger partial charge is 0.855 e. The molecule has 0 aliphatic heterocycles. The first-order valence-corrected chi connectivity index (χ1v) is 5.79. The van der Waals surface area contributed by atoms with Crippen LogP contribution in [0, 0.1) is 6.92 Å². The van der Waals surface area contributed by atoms with Crippen molar-refractivity contribution in [1.29, 1.82) is 0 Å². The summed E-state index contributed by atoms with van der Waals surface area (Å²) in [5.74, 6) is -0.335. The van der Waals surface area contributed by atoms with Crippen molar-refractivity contribution in [2.45, 2.75) is 34.1 Å². The SMILES string of the molecule is C=C(C)C(=O)OCC[CH2-].CC[O-].CC[O-].CC[O-].[Ti+4]. The molecule has 0 aromatic rings. The Morgan fingerprint density at radius 2 is 1.37 bits per heavy atom. The number of carbonyl (C=O) groups excluding carboxylic acids is 1. The summed E-state index contributed by atoms with van der Waals surface area (Å²) in [6.45, 7) is 13.6. The van der Waals surface area contributed by atoms with Crippen LogP contribution in [0.3, 0.4) is 0 Å². The number of esters is 1. The Morgan fingerprint density at radius 3 is 1.53 bits per heavy atom. The van der Waals surface area contributed by atoms with Gasteiger partial charge in [-0.05, 0) is 6.92 Å². The van der Waals surface area contributed by atoms with Crippen molar-refractivity contribution < 1.29 is 46.6 Å². The molecule has 0 saturated heterocycles.